The van der Waals surface area contributed by atoms with Crippen LogP contribution in [-0.4, -0.2) is 43.4 Å². The molecule has 0 saturated carbocycles. The van der Waals surface area contributed by atoms with Gasteiger partial charge in [0.25, 0.3) is 0 Å². The number of hydrogen-bond acceptors (Lipinski definition) is 5. The van der Waals surface area contributed by atoms with Crippen molar-refractivity contribution >= 4 is 12.1 Å². The summed E-state index contributed by atoms with van der Waals surface area (Å²) in [5.41, 5.74) is 6.13. The van der Waals surface area contributed by atoms with Crippen molar-refractivity contribution in [3.8, 4) is 0 Å². The van der Waals surface area contributed by atoms with Crippen LogP contribution in [0, 0.1) is 0 Å². The Bertz CT molecular complexity index is 506. The van der Waals surface area contributed by atoms with Crippen molar-refractivity contribution in [3.63, 3.8) is 0 Å². The lowest BCUT2D eigenvalue weighted by Crippen LogP contribution is -2.49. The second-order valence-corrected chi connectivity index (χ2v) is 5.24. The summed E-state index contributed by atoms with van der Waals surface area (Å²) < 4.78 is 9.89. The number of esters is 1. The lowest BCUT2D eigenvalue weighted by atomic mass is 9.85. The maximum atomic E-state index is 12.3. The van der Waals surface area contributed by atoms with Gasteiger partial charge >= 0.3 is 12.1 Å². The van der Waals surface area contributed by atoms with Crippen LogP contribution in [0.1, 0.15) is 30.7 Å². The van der Waals surface area contributed by atoms with Crippen molar-refractivity contribution in [1.82, 2.24) is 4.90 Å². The van der Waals surface area contributed by atoms with Crippen molar-refractivity contribution in [1.29, 1.82) is 0 Å². The van der Waals surface area contributed by atoms with E-state index in [1.54, 1.807) is 4.90 Å². The first-order chi connectivity index (χ1) is 10.7. The molecule has 6 heteroatoms. The minimum Gasteiger partial charge on any atom is -0.468 e. The number of nitrogens with two attached hydrogens (primary N) is 1. The summed E-state index contributed by atoms with van der Waals surface area (Å²) in [6, 6.07) is 9.11. The van der Waals surface area contributed by atoms with E-state index in [-0.39, 0.29) is 18.7 Å². The van der Waals surface area contributed by atoms with Crippen molar-refractivity contribution in [2.24, 2.45) is 5.73 Å². The highest BCUT2D eigenvalue weighted by Crippen LogP contribution is 2.32. The van der Waals surface area contributed by atoms with Gasteiger partial charge in [-0.25, -0.2) is 4.79 Å². The number of piperidine rings is 1. The average molecular weight is 306 g/mol. The van der Waals surface area contributed by atoms with Crippen LogP contribution in [-0.2, 0) is 14.3 Å². The highest BCUT2D eigenvalue weighted by atomic mass is 16.6. The highest BCUT2D eigenvalue weighted by molar-refractivity contribution is 5.80. The first-order valence-electron chi connectivity index (χ1n) is 7.45. The van der Waals surface area contributed by atoms with E-state index in [0.717, 1.165) is 24.8 Å². The summed E-state index contributed by atoms with van der Waals surface area (Å²) in [6.45, 7) is 0.389. The molecule has 0 aliphatic carbocycles. The van der Waals surface area contributed by atoms with Crippen LogP contribution in [0.15, 0.2) is 30.3 Å². The van der Waals surface area contributed by atoms with Crippen LogP contribution in [0.25, 0.3) is 0 Å². The minimum absolute atomic E-state index is 0.170. The Morgan fingerprint density at radius 1 is 1.32 bits per heavy atom. The van der Waals surface area contributed by atoms with E-state index in [0.29, 0.717) is 6.54 Å². The number of ether oxygens (including phenoxy) is 2. The molecule has 1 heterocycles. The third-order valence-electron chi connectivity index (χ3n) is 3.99. The Morgan fingerprint density at radius 2 is 2.05 bits per heavy atom. The number of rotatable bonds is 4. The summed E-state index contributed by atoms with van der Waals surface area (Å²) in [6.07, 6.45) is 2.10. The predicted molar refractivity (Wildman–Crippen MR) is 81.1 cm³/mol. The fraction of sp³-hybridized carbons (Fsp3) is 0.500. The van der Waals surface area contributed by atoms with E-state index in [4.69, 9.17) is 15.2 Å². The molecule has 1 amide bonds. The normalized spacial score (nSPS) is 19.4. The van der Waals surface area contributed by atoms with E-state index >= 15 is 0 Å². The highest BCUT2D eigenvalue weighted by Gasteiger charge is 2.39. The molecular formula is C16H22N2O4. The zero-order chi connectivity index (χ0) is 15.9. The Labute approximate surface area is 130 Å². The van der Waals surface area contributed by atoms with Gasteiger partial charge in [-0.2, -0.15) is 0 Å². The van der Waals surface area contributed by atoms with Crippen LogP contribution in [0.4, 0.5) is 4.79 Å². The third-order valence-corrected chi connectivity index (χ3v) is 3.99. The van der Waals surface area contributed by atoms with Gasteiger partial charge < -0.3 is 14.4 Å². The van der Waals surface area contributed by atoms with Crippen molar-refractivity contribution < 1.29 is 19.1 Å². The molecule has 2 unspecified atom stereocenters. The van der Waals surface area contributed by atoms with E-state index in [9.17, 15) is 9.59 Å². The lowest BCUT2D eigenvalue weighted by molar-refractivity contribution is -0.144. The van der Waals surface area contributed by atoms with Gasteiger partial charge in [-0.05, 0) is 24.8 Å². The molecule has 1 saturated heterocycles. The largest absolute Gasteiger partial charge is 0.468 e. The quantitative estimate of drug-likeness (QED) is 0.678. The molecule has 0 bridgehead atoms. The van der Waals surface area contributed by atoms with Gasteiger partial charge in [0.15, 0.2) is 0 Å². The molecule has 2 atom stereocenters. The molecule has 2 N–H and O–H groups in total. The van der Waals surface area contributed by atoms with Gasteiger partial charge in [-0.3, -0.25) is 10.5 Å². The standard InChI is InChI=1S/C16H22N2O4/c1-21-15(19)14(12-7-3-2-4-8-12)13-9-5-6-10-18(13)16(20)22-11-17/h2-4,7-8,13-14H,5-6,9-11,17H2,1H3. The molecule has 1 aromatic carbocycles. The van der Waals surface area contributed by atoms with E-state index in [1.165, 1.54) is 7.11 Å². The third kappa shape index (κ3) is 3.57. The molecule has 120 valence electrons. The fourth-order valence-corrected chi connectivity index (χ4v) is 2.99. The van der Waals surface area contributed by atoms with Gasteiger partial charge in [0.1, 0.15) is 12.6 Å². The maximum absolute atomic E-state index is 12.3. The number of methoxy groups -OCH3 is 1. The SMILES string of the molecule is COC(=O)C(c1ccccc1)C1CCCCN1C(=O)OCN. The van der Waals surface area contributed by atoms with Crippen LogP contribution < -0.4 is 5.73 Å². The number of amides is 1. The minimum atomic E-state index is -0.517. The zero-order valence-electron chi connectivity index (χ0n) is 12.7. The summed E-state index contributed by atoms with van der Waals surface area (Å²) in [5.74, 6) is -0.861. The predicted octanol–water partition coefficient (Wildman–Crippen LogP) is 1.85. The van der Waals surface area contributed by atoms with Crippen LogP contribution in [0.2, 0.25) is 0 Å². The second kappa shape index (κ2) is 7.79. The van der Waals surface area contributed by atoms with Crippen molar-refractivity contribution in [2.75, 3.05) is 20.4 Å². The molecule has 1 aliphatic rings. The first-order valence-corrected chi connectivity index (χ1v) is 7.45. The summed E-state index contributed by atoms with van der Waals surface area (Å²) >= 11 is 0. The molecule has 22 heavy (non-hydrogen) atoms. The average Bonchev–Trinajstić information content (AvgIpc) is 2.56. The number of likely N-dealkylation sites (tertiary alicyclic amines) is 1. The zero-order valence-corrected chi connectivity index (χ0v) is 12.7. The molecule has 1 aromatic rings. The van der Waals surface area contributed by atoms with E-state index < -0.39 is 12.0 Å². The second-order valence-electron chi connectivity index (χ2n) is 5.24. The van der Waals surface area contributed by atoms with Gasteiger partial charge in [0.2, 0.25) is 0 Å². The van der Waals surface area contributed by atoms with Gasteiger partial charge in [-0.1, -0.05) is 30.3 Å². The van der Waals surface area contributed by atoms with Crippen LogP contribution in [0.3, 0.4) is 0 Å². The first kappa shape index (κ1) is 16.3. The molecule has 2 rings (SSSR count). The van der Waals surface area contributed by atoms with Gasteiger partial charge in [-0.15, -0.1) is 0 Å². The van der Waals surface area contributed by atoms with E-state index in [1.807, 2.05) is 30.3 Å². The Kier molecular flexibility index (Phi) is 5.77. The van der Waals surface area contributed by atoms with E-state index in [2.05, 4.69) is 0 Å². The molecule has 0 spiro atoms. The molecule has 0 aromatic heterocycles. The number of nitrogens with zero attached hydrogens (tertiary/aromatic N) is 1. The van der Waals surface area contributed by atoms with Crippen molar-refractivity contribution in [2.45, 2.75) is 31.2 Å². The molecule has 1 aliphatic heterocycles. The summed E-state index contributed by atoms with van der Waals surface area (Å²) in [4.78, 5) is 26.0. The van der Waals surface area contributed by atoms with Crippen molar-refractivity contribution in [3.05, 3.63) is 35.9 Å². The summed E-state index contributed by atoms with van der Waals surface area (Å²) in [5, 5.41) is 0. The maximum Gasteiger partial charge on any atom is 0.411 e. The topological polar surface area (TPSA) is 81.9 Å². The number of carbonyl (C=O) groups is 2. The monoisotopic (exact) mass is 306 g/mol. The molecule has 1 fully saturated rings. The molecular weight excluding hydrogens is 284 g/mol. The number of benzene rings is 1. The Morgan fingerprint density at radius 3 is 2.68 bits per heavy atom. The fourth-order valence-electron chi connectivity index (χ4n) is 2.99. The lowest BCUT2D eigenvalue weighted by Gasteiger charge is -2.38. The molecule has 0 radical (unpaired) electrons. The Hall–Kier alpha value is -2.08. The van der Waals surface area contributed by atoms with Gasteiger partial charge in [0, 0.05) is 6.54 Å². The Balaban J connectivity index is 2.31. The van der Waals surface area contributed by atoms with Crippen LogP contribution in [0.5, 0.6) is 0 Å². The van der Waals surface area contributed by atoms with Gasteiger partial charge in [0.05, 0.1) is 13.2 Å². The number of carbonyl (C=O) groups excluding carboxylic acids is 2. The number of hydrogen-bond donors (Lipinski definition) is 1. The van der Waals surface area contributed by atoms with Crippen LogP contribution >= 0.6 is 0 Å². The summed E-state index contributed by atoms with van der Waals surface area (Å²) in [7, 11) is 1.36. The molecule has 6 nitrogen and oxygen atoms in total. The smallest absolute Gasteiger partial charge is 0.411 e.